The van der Waals surface area contributed by atoms with Crippen molar-refractivity contribution in [1.29, 1.82) is 0 Å². The van der Waals surface area contributed by atoms with Crippen LogP contribution < -0.4 is 4.74 Å². The summed E-state index contributed by atoms with van der Waals surface area (Å²) in [6, 6.07) is 3.37. The Hall–Kier alpha value is -1.12. The highest BCUT2D eigenvalue weighted by atomic mass is 19.1. The summed E-state index contributed by atoms with van der Waals surface area (Å²) in [5.41, 5.74) is 0. The second-order valence-electron chi connectivity index (χ2n) is 6.30. The third-order valence-electron chi connectivity index (χ3n) is 4.50. The van der Waals surface area contributed by atoms with Gasteiger partial charge in [0.1, 0.15) is 17.4 Å². The minimum Gasteiger partial charge on any atom is -0.493 e. The van der Waals surface area contributed by atoms with Gasteiger partial charge in [-0.15, -0.1) is 0 Å². The summed E-state index contributed by atoms with van der Waals surface area (Å²) in [5.74, 6) is 0.546. The number of halogens is 2. The maximum atomic E-state index is 13.1. The van der Waals surface area contributed by atoms with Crippen LogP contribution >= 0.6 is 0 Å². The Morgan fingerprint density at radius 3 is 2.19 bits per heavy atom. The van der Waals surface area contributed by atoms with Gasteiger partial charge in [0.05, 0.1) is 6.61 Å². The maximum absolute atomic E-state index is 13.1. The summed E-state index contributed by atoms with van der Waals surface area (Å²) in [6.07, 6.45) is 10.2. The van der Waals surface area contributed by atoms with E-state index in [1.165, 1.54) is 63.5 Å². The van der Waals surface area contributed by atoms with Gasteiger partial charge in [-0.25, -0.2) is 8.78 Å². The Kier molecular flexibility index (Phi) is 6.47. The van der Waals surface area contributed by atoms with E-state index in [1.807, 2.05) is 0 Å². The molecular formula is C18H26F2O. The minimum absolute atomic E-state index is 0.303. The predicted molar refractivity (Wildman–Crippen MR) is 81.4 cm³/mol. The molecule has 0 aliphatic heterocycles. The lowest BCUT2D eigenvalue weighted by Crippen LogP contribution is -2.20. The van der Waals surface area contributed by atoms with Crippen molar-refractivity contribution in [2.24, 2.45) is 11.8 Å². The molecule has 21 heavy (non-hydrogen) atoms. The molecule has 0 aromatic heterocycles. The Labute approximate surface area is 126 Å². The molecule has 1 aliphatic rings. The molecule has 2 rings (SSSR count). The normalized spacial score (nSPS) is 22.2. The highest BCUT2D eigenvalue weighted by Crippen LogP contribution is 2.32. The van der Waals surface area contributed by atoms with Crippen LogP contribution in [0.2, 0.25) is 0 Å². The van der Waals surface area contributed by atoms with E-state index in [0.29, 0.717) is 18.3 Å². The Bertz CT molecular complexity index is 405. The molecule has 3 heteroatoms. The number of hydrogen-bond donors (Lipinski definition) is 0. The zero-order valence-electron chi connectivity index (χ0n) is 12.9. The van der Waals surface area contributed by atoms with E-state index >= 15 is 0 Å². The molecule has 0 amide bonds. The fraction of sp³-hybridized carbons (Fsp3) is 0.667. The van der Waals surface area contributed by atoms with Crippen LogP contribution in [-0.4, -0.2) is 6.61 Å². The lowest BCUT2D eigenvalue weighted by molar-refractivity contribution is 0.177. The van der Waals surface area contributed by atoms with Crippen LogP contribution in [0.15, 0.2) is 18.2 Å². The smallest absolute Gasteiger partial charge is 0.129 e. The summed E-state index contributed by atoms with van der Waals surface area (Å²) < 4.78 is 31.7. The van der Waals surface area contributed by atoms with Gasteiger partial charge in [0, 0.05) is 18.2 Å². The lowest BCUT2D eigenvalue weighted by atomic mass is 9.80. The summed E-state index contributed by atoms with van der Waals surface area (Å²) in [4.78, 5) is 0. The van der Waals surface area contributed by atoms with Gasteiger partial charge in [0.25, 0.3) is 0 Å². The van der Waals surface area contributed by atoms with Crippen molar-refractivity contribution >= 4 is 0 Å². The lowest BCUT2D eigenvalue weighted by Gasteiger charge is -2.28. The van der Waals surface area contributed by atoms with Gasteiger partial charge in [-0.05, 0) is 24.7 Å². The van der Waals surface area contributed by atoms with Crippen LogP contribution in [0.25, 0.3) is 0 Å². The molecule has 0 unspecified atom stereocenters. The quantitative estimate of drug-likeness (QED) is 0.584. The molecule has 1 saturated carbocycles. The van der Waals surface area contributed by atoms with Crippen molar-refractivity contribution in [1.82, 2.24) is 0 Å². The Balaban J connectivity index is 1.69. The van der Waals surface area contributed by atoms with Crippen LogP contribution in [-0.2, 0) is 0 Å². The molecule has 1 aromatic rings. The third kappa shape index (κ3) is 5.64. The first-order chi connectivity index (χ1) is 10.2. The van der Waals surface area contributed by atoms with Crippen LogP contribution in [0.3, 0.4) is 0 Å². The molecule has 0 heterocycles. The average Bonchev–Trinajstić information content (AvgIpc) is 2.46. The standard InChI is InChI=1S/C18H26F2O/c1-2-3-4-5-14-6-8-15(9-7-14)13-21-18-11-16(19)10-17(20)12-18/h10-12,14-15H,2-9,13H2,1H3. The highest BCUT2D eigenvalue weighted by molar-refractivity contribution is 5.23. The Morgan fingerprint density at radius 1 is 0.952 bits per heavy atom. The average molecular weight is 296 g/mol. The van der Waals surface area contributed by atoms with Gasteiger partial charge in [0.2, 0.25) is 0 Å². The van der Waals surface area contributed by atoms with Gasteiger partial charge in [0.15, 0.2) is 0 Å². The summed E-state index contributed by atoms with van der Waals surface area (Å²) in [6.45, 7) is 2.81. The van der Waals surface area contributed by atoms with Crippen LogP contribution in [0.4, 0.5) is 8.78 Å². The van der Waals surface area contributed by atoms with Gasteiger partial charge < -0.3 is 4.74 Å². The second-order valence-corrected chi connectivity index (χ2v) is 6.30. The number of unbranched alkanes of at least 4 members (excludes halogenated alkanes) is 2. The minimum atomic E-state index is -0.579. The molecule has 1 fully saturated rings. The van der Waals surface area contributed by atoms with E-state index < -0.39 is 11.6 Å². The topological polar surface area (TPSA) is 9.23 Å². The zero-order chi connectivity index (χ0) is 15.1. The maximum Gasteiger partial charge on any atom is 0.129 e. The van der Waals surface area contributed by atoms with E-state index in [9.17, 15) is 8.78 Å². The number of hydrogen-bond acceptors (Lipinski definition) is 1. The van der Waals surface area contributed by atoms with Crippen LogP contribution in [0.1, 0.15) is 58.3 Å². The number of benzene rings is 1. The van der Waals surface area contributed by atoms with Crippen LogP contribution in [0.5, 0.6) is 5.75 Å². The highest BCUT2D eigenvalue weighted by Gasteiger charge is 2.21. The van der Waals surface area contributed by atoms with Crippen molar-refractivity contribution in [2.75, 3.05) is 6.61 Å². The Morgan fingerprint density at radius 2 is 1.57 bits per heavy atom. The molecule has 0 saturated heterocycles. The first-order valence-electron chi connectivity index (χ1n) is 8.26. The van der Waals surface area contributed by atoms with Crippen molar-refractivity contribution in [3.8, 4) is 5.75 Å². The largest absolute Gasteiger partial charge is 0.493 e. The van der Waals surface area contributed by atoms with Crippen molar-refractivity contribution in [3.63, 3.8) is 0 Å². The van der Waals surface area contributed by atoms with Crippen molar-refractivity contribution in [3.05, 3.63) is 29.8 Å². The molecule has 0 bridgehead atoms. The van der Waals surface area contributed by atoms with E-state index in [-0.39, 0.29) is 0 Å². The first-order valence-corrected chi connectivity index (χ1v) is 8.26. The van der Waals surface area contributed by atoms with Crippen LogP contribution in [0, 0.1) is 23.5 Å². The van der Waals surface area contributed by atoms with E-state index in [1.54, 1.807) is 0 Å². The van der Waals surface area contributed by atoms with Gasteiger partial charge in [-0.2, -0.15) is 0 Å². The molecular weight excluding hydrogens is 270 g/mol. The van der Waals surface area contributed by atoms with Gasteiger partial charge in [-0.3, -0.25) is 0 Å². The van der Waals surface area contributed by atoms with Crippen molar-refractivity contribution in [2.45, 2.75) is 58.3 Å². The monoisotopic (exact) mass is 296 g/mol. The van der Waals surface area contributed by atoms with E-state index in [0.717, 1.165) is 12.0 Å². The van der Waals surface area contributed by atoms with Gasteiger partial charge >= 0.3 is 0 Å². The van der Waals surface area contributed by atoms with E-state index in [4.69, 9.17) is 4.74 Å². The molecule has 1 aromatic carbocycles. The molecule has 0 atom stereocenters. The fourth-order valence-electron chi connectivity index (χ4n) is 3.20. The molecule has 0 N–H and O–H groups in total. The van der Waals surface area contributed by atoms with Gasteiger partial charge in [-0.1, -0.05) is 45.4 Å². The number of rotatable bonds is 7. The third-order valence-corrected chi connectivity index (χ3v) is 4.50. The first kappa shape index (κ1) is 16.3. The predicted octanol–water partition coefficient (Wildman–Crippen LogP) is 5.73. The molecule has 0 spiro atoms. The fourth-order valence-corrected chi connectivity index (χ4v) is 3.20. The SMILES string of the molecule is CCCCCC1CCC(COc2cc(F)cc(F)c2)CC1. The zero-order valence-corrected chi connectivity index (χ0v) is 12.9. The molecule has 118 valence electrons. The summed E-state index contributed by atoms with van der Waals surface area (Å²) >= 11 is 0. The summed E-state index contributed by atoms with van der Waals surface area (Å²) in [5, 5.41) is 0. The molecule has 1 nitrogen and oxygen atoms in total. The number of ether oxygens (including phenoxy) is 1. The second kappa shape index (κ2) is 8.35. The summed E-state index contributed by atoms with van der Waals surface area (Å²) in [7, 11) is 0. The van der Waals surface area contributed by atoms with E-state index in [2.05, 4.69) is 6.92 Å². The molecule has 0 radical (unpaired) electrons. The van der Waals surface area contributed by atoms with Crippen molar-refractivity contribution < 1.29 is 13.5 Å². The molecule has 1 aliphatic carbocycles.